The van der Waals surface area contributed by atoms with Crippen molar-refractivity contribution in [3.63, 3.8) is 0 Å². The Bertz CT molecular complexity index is 916. The smallest absolute Gasteiger partial charge is 0.226 e. The molecule has 0 unspecified atom stereocenters. The Morgan fingerprint density at radius 2 is 1.83 bits per heavy atom. The van der Waals surface area contributed by atoms with Crippen LogP contribution in [0.5, 0.6) is 5.88 Å². The van der Waals surface area contributed by atoms with Gasteiger partial charge in [-0.25, -0.2) is 4.98 Å². The summed E-state index contributed by atoms with van der Waals surface area (Å²) < 4.78 is 5.29. The Hall–Kier alpha value is -2.69. The zero-order chi connectivity index (χ0) is 20.6. The third kappa shape index (κ3) is 3.22. The Morgan fingerprint density at radius 3 is 2.45 bits per heavy atom. The minimum Gasteiger partial charge on any atom is -0.481 e. The van der Waals surface area contributed by atoms with Gasteiger partial charge in [0.2, 0.25) is 11.8 Å². The van der Waals surface area contributed by atoms with Crippen LogP contribution in [0.2, 0.25) is 0 Å². The molecule has 5 rings (SSSR count). The van der Waals surface area contributed by atoms with Gasteiger partial charge in [-0.15, -0.1) is 0 Å². The van der Waals surface area contributed by atoms with Crippen LogP contribution < -0.4 is 9.64 Å². The van der Waals surface area contributed by atoms with E-state index in [0.717, 1.165) is 30.5 Å². The largest absolute Gasteiger partial charge is 0.481 e. The number of benzene rings is 1. The average molecular weight is 392 g/mol. The van der Waals surface area contributed by atoms with Crippen LogP contribution in [0.25, 0.3) is 0 Å². The number of methoxy groups -OCH3 is 1. The van der Waals surface area contributed by atoms with Crippen molar-refractivity contribution in [2.45, 2.75) is 50.9 Å². The molecule has 3 saturated carbocycles. The molecule has 152 valence electrons. The number of ether oxygens (including phenoxy) is 1. The van der Waals surface area contributed by atoms with Crippen molar-refractivity contribution in [3.8, 4) is 5.88 Å². The number of Topliss-reactive ketones (excluding diaryl/α,β-unsaturated/α-hetero) is 1. The highest BCUT2D eigenvalue weighted by atomic mass is 16.5. The number of carbonyl (C=O) groups excluding carboxylic acids is 2. The fourth-order valence-electron chi connectivity index (χ4n) is 5.12. The lowest BCUT2D eigenvalue weighted by atomic mass is 9.32. The molecule has 5 nitrogen and oxygen atoms in total. The summed E-state index contributed by atoms with van der Waals surface area (Å²) in [4.78, 5) is 30.7. The summed E-state index contributed by atoms with van der Waals surface area (Å²) in [5.74, 6) is 1.09. The highest BCUT2D eigenvalue weighted by Gasteiger charge is 2.70. The number of ketones is 1. The second-order valence-electron chi connectivity index (χ2n) is 8.54. The number of aryl methyl sites for hydroxylation is 1. The minimum absolute atomic E-state index is 0.109. The van der Waals surface area contributed by atoms with Crippen LogP contribution in [0.15, 0.2) is 42.6 Å². The van der Waals surface area contributed by atoms with Crippen molar-refractivity contribution in [1.82, 2.24) is 4.98 Å². The van der Waals surface area contributed by atoms with Gasteiger partial charge in [-0.2, -0.15) is 0 Å². The van der Waals surface area contributed by atoms with Crippen molar-refractivity contribution in [3.05, 3.63) is 53.7 Å². The maximum Gasteiger partial charge on any atom is 0.226 e. The number of amides is 1. The number of nitrogens with zero attached hydrogens (tertiary/aromatic N) is 2. The van der Waals surface area contributed by atoms with E-state index in [-0.39, 0.29) is 16.7 Å². The minimum atomic E-state index is -0.122. The second kappa shape index (κ2) is 7.29. The Balaban J connectivity index is 1.35. The van der Waals surface area contributed by atoms with E-state index in [1.807, 2.05) is 38.2 Å². The van der Waals surface area contributed by atoms with Gasteiger partial charge in [0.15, 0.2) is 0 Å². The molecular formula is C24H28N2O3. The molecule has 0 aliphatic heterocycles. The topological polar surface area (TPSA) is 59.5 Å². The fraction of sp³-hybridized carbons (Fsp3) is 0.458. The molecule has 1 aromatic carbocycles. The van der Waals surface area contributed by atoms with E-state index in [2.05, 4.69) is 17.1 Å². The van der Waals surface area contributed by atoms with Gasteiger partial charge in [-0.1, -0.05) is 25.1 Å². The van der Waals surface area contributed by atoms with E-state index >= 15 is 0 Å². The van der Waals surface area contributed by atoms with Gasteiger partial charge in [0.05, 0.1) is 7.11 Å². The lowest BCUT2D eigenvalue weighted by Crippen LogP contribution is -2.67. The number of hydrogen-bond donors (Lipinski definition) is 0. The van der Waals surface area contributed by atoms with Crippen molar-refractivity contribution in [2.75, 3.05) is 19.1 Å². The van der Waals surface area contributed by atoms with E-state index in [9.17, 15) is 9.59 Å². The standard InChI is InChI=1S/C24H28N2O3/c1-4-21(28)26(2)19-10-8-18(9-11-19)23-14-24(15-23,16-23)20(27)12-7-17-6-5-13-25-22(17)29-3/h5-6,8-11,13H,4,7,12,14-16H2,1-3H3. The van der Waals surface area contributed by atoms with Crippen LogP contribution in [0.3, 0.4) is 0 Å². The molecule has 1 aromatic heterocycles. The first-order valence-electron chi connectivity index (χ1n) is 10.3. The lowest BCUT2D eigenvalue weighted by Gasteiger charge is -2.70. The summed E-state index contributed by atoms with van der Waals surface area (Å²) in [6.07, 6.45) is 6.27. The van der Waals surface area contributed by atoms with E-state index in [0.29, 0.717) is 30.9 Å². The molecule has 0 spiro atoms. The van der Waals surface area contributed by atoms with Crippen LogP contribution >= 0.6 is 0 Å². The summed E-state index contributed by atoms with van der Waals surface area (Å²) in [5.41, 5.74) is 3.24. The Kier molecular flexibility index (Phi) is 4.93. The molecule has 5 heteroatoms. The highest BCUT2D eigenvalue weighted by Crippen LogP contribution is 2.74. The van der Waals surface area contributed by atoms with Gasteiger partial charge in [0.1, 0.15) is 5.78 Å². The van der Waals surface area contributed by atoms with Crippen LogP contribution in [0.1, 0.15) is 50.2 Å². The predicted molar refractivity (Wildman–Crippen MR) is 112 cm³/mol. The number of carbonyl (C=O) groups is 2. The van der Waals surface area contributed by atoms with Crippen molar-refractivity contribution in [2.24, 2.45) is 5.41 Å². The predicted octanol–water partition coefficient (Wildman–Crippen LogP) is 4.09. The molecule has 3 aliphatic carbocycles. The molecule has 0 N–H and O–H groups in total. The molecule has 1 amide bonds. The first-order chi connectivity index (χ1) is 13.9. The third-order valence-corrected chi connectivity index (χ3v) is 6.83. The fourth-order valence-corrected chi connectivity index (χ4v) is 5.12. The van der Waals surface area contributed by atoms with Gasteiger partial charge in [-0.3, -0.25) is 9.59 Å². The van der Waals surface area contributed by atoms with E-state index in [1.165, 1.54) is 5.56 Å². The average Bonchev–Trinajstić information content (AvgIpc) is 2.69. The van der Waals surface area contributed by atoms with Gasteiger partial charge in [0, 0.05) is 42.8 Å². The summed E-state index contributed by atoms with van der Waals surface area (Å²) in [6, 6.07) is 12.2. The van der Waals surface area contributed by atoms with Gasteiger partial charge < -0.3 is 9.64 Å². The lowest BCUT2D eigenvalue weighted by molar-refractivity contribution is -0.173. The number of rotatable bonds is 8. The summed E-state index contributed by atoms with van der Waals surface area (Å²) >= 11 is 0. The summed E-state index contributed by atoms with van der Waals surface area (Å²) in [7, 11) is 3.42. The quantitative estimate of drug-likeness (QED) is 0.679. The molecule has 1 heterocycles. The number of pyridine rings is 1. The first kappa shape index (κ1) is 19.6. The normalized spacial score (nSPS) is 24.2. The van der Waals surface area contributed by atoms with E-state index < -0.39 is 0 Å². The van der Waals surface area contributed by atoms with Gasteiger partial charge >= 0.3 is 0 Å². The molecular weight excluding hydrogens is 364 g/mol. The Labute approximate surface area is 172 Å². The number of anilines is 1. The van der Waals surface area contributed by atoms with Crippen molar-refractivity contribution in [1.29, 1.82) is 0 Å². The van der Waals surface area contributed by atoms with Crippen LogP contribution in [0.4, 0.5) is 5.69 Å². The summed E-state index contributed by atoms with van der Waals surface area (Å²) in [6.45, 7) is 1.87. The van der Waals surface area contributed by atoms with Crippen LogP contribution in [-0.2, 0) is 21.4 Å². The van der Waals surface area contributed by atoms with Crippen molar-refractivity contribution < 1.29 is 14.3 Å². The maximum absolute atomic E-state index is 12.9. The number of aromatic nitrogens is 1. The molecule has 0 saturated heterocycles. The molecule has 3 aliphatic rings. The van der Waals surface area contributed by atoms with Crippen LogP contribution in [0, 0.1) is 5.41 Å². The summed E-state index contributed by atoms with van der Waals surface area (Å²) in [5, 5.41) is 0. The zero-order valence-corrected chi connectivity index (χ0v) is 17.4. The zero-order valence-electron chi connectivity index (χ0n) is 17.4. The molecule has 0 radical (unpaired) electrons. The first-order valence-corrected chi connectivity index (χ1v) is 10.3. The van der Waals surface area contributed by atoms with Crippen molar-refractivity contribution >= 4 is 17.4 Å². The molecule has 3 fully saturated rings. The maximum atomic E-state index is 12.9. The number of hydrogen-bond acceptors (Lipinski definition) is 4. The highest BCUT2D eigenvalue weighted by molar-refractivity contribution is 5.92. The van der Waals surface area contributed by atoms with E-state index in [4.69, 9.17) is 4.74 Å². The van der Waals surface area contributed by atoms with Crippen LogP contribution in [-0.4, -0.2) is 30.8 Å². The van der Waals surface area contributed by atoms with Gasteiger partial charge in [0.25, 0.3) is 0 Å². The molecule has 0 atom stereocenters. The van der Waals surface area contributed by atoms with E-state index in [1.54, 1.807) is 18.2 Å². The SMILES string of the molecule is CCC(=O)N(C)c1ccc(C23CC(C(=O)CCc4cccnc4OC)(C2)C3)cc1. The Morgan fingerprint density at radius 1 is 1.14 bits per heavy atom. The monoisotopic (exact) mass is 392 g/mol. The van der Waals surface area contributed by atoms with Gasteiger partial charge in [-0.05, 0) is 54.9 Å². The third-order valence-electron chi connectivity index (χ3n) is 6.83. The molecule has 2 bridgehead atoms. The molecule has 29 heavy (non-hydrogen) atoms. The second-order valence-corrected chi connectivity index (χ2v) is 8.54. The molecule has 2 aromatic rings.